The fraction of sp³-hybridized carbons (Fsp3) is 0.375. The van der Waals surface area contributed by atoms with E-state index in [1.807, 2.05) is 52.0 Å². The Kier molecular flexibility index (Phi) is 11.4. The summed E-state index contributed by atoms with van der Waals surface area (Å²) in [5.74, 6) is 0.0675. The molecule has 0 bridgehead atoms. The molecule has 0 aromatic heterocycles. The molecule has 0 saturated heterocycles. The van der Waals surface area contributed by atoms with Crippen LogP contribution in [-0.2, 0) is 26.2 Å². The number of carbonyl (C=O) groups is 2. The summed E-state index contributed by atoms with van der Waals surface area (Å²) in [5.41, 5.74) is 2.17. The van der Waals surface area contributed by atoms with Crippen LogP contribution in [0.1, 0.15) is 38.3 Å². The normalized spacial score (nSPS) is 12.0. The highest BCUT2D eigenvalue weighted by Crippen LogP contribution is 2.32. The van der Waals surface area contributed by atoms with Crippen molar-refractivity contribution in [2.75, 3.05) is 31.6 Å². The largest absolute Gasteiger partial charge is 0.493 e. The minimum atomic E-state index is -4.24. The Balaban J connectivity index is 2.06. The van der Waals surface area contributed by atoms with E-state index in [1.165, 1.54) is 37.3 Å². The lowest BCUT2D eigenvalue weighted by molar-refractivity contribution is -0.140. The van der Waals surface area contributed by atoms with Crippen molar-refractivity contribution in [2.24, 2.45) is 5.92 Å². The van der Waals surface area contributed by atoms with Crippen molar-refractivity contribution < 1.29 is 27.5 Å². The van der Waals surface area contributed by atoms with Crippen LogP contribution in [0, 0.1) is 12.8 Å². The first-order chi connectivity index (χ1) is 20.0. The summed E-state index contributed by atoms with van der Waals surface area (Å²) in [7, 11) is -1.36. The molecule has 0 saturated carbocycles. The van der Waals surface area contributed by atoms with Crippen molar-refractivity contribution in [1.29, 1.82) is 0 Å². The third-order valence-corrected chi connectivity index (χ3v) is 8.54. The number of ether oxygens (including phenoxy) is 2. The second-order valence-electron chi connectivity index (χ2n) is 10.4. The van der Waals surface area contributed by atoms with E-state index in [9.17, 15) is 18.0 Å². The zero-order valence-electron chi connectivity index (χ0n) is 25.2. The van der Waals surface area contributed by atoms with Gasteiger partial charge >= 0.3 is 0 Å². The lowest BCUT2D eigenvalue weighted by Crippen LogP contribution is -2.52. The van der Waals surface area contributed by atoms with E-state index >= 15 is 0 Å². The highest BCUT2D eigenvalue weighted by atomic mass is 32.2. The van der Waals surface area contributed by atoms with Gasteiger partial charge in [0.1, 0.15) is 12.6 Å². The Bertz CT molecular complexity index is 1460. The number of benzene rings is 3. The van der Waals surface area contributed by atoms with E-state index in [0.717, 1.165) is 15.4 Å². The summed E-state index contributed by atoms with van der Waals surface area (Å²) in [4.78, 5) is 28.9. The molecule has 3 aromatic rings. The molecule has 0 heterocycles. The number of nitrogens with one attached hydrogen (secondary N) is 1. The molecule has 1 N–H and O–H groups in total. The second kappa shape index (κ2) is 14.7. The molecule has 9 nitrogen and oxygen atoms in total. The molecule has 0 radical (unpaired) electrons. The van der Waals surface area contributed by atoms with Crippen LogP contribution in [0.4, 0.5) is 5.69 Å². The van der Waals surface area contributed by atoms with Gasteiger partial charge in [0.05, 0.1) is 24.8 Å². The van der Waals surface area contributed by atoms with Crippen LogP contribution < -0.4 is 19.1 Å². The maximum atomic E-state index is 14.2. The van der Waals surface area contributed by atoms with E-state index in [1.54, 1.807) is 30.3 Å². The van der Waals surface area contributed by atoms with Gasteiger partial charge in [0.25, 0.3) is 10.0 Å². The number of amides is 2. The number of rotatable bonds is 14. The van der Waals surface area contributed by atoms with Crippen molar-refractivity contribution in [3.05, 3.63) is 83.9 Å². The lowest BCUT2D eigenvalue weighted by atomic mass is 10.1. The fourth-order valence-electron chi connectivity index (χ4n) is 4.58. The van der Waals surface area contributed by atoms with Gasteiger partial charge in [-0.2, -0.15) is 0 Å². The first kappa shape index (κ1) is 32.5. The van der Waals surface area contributed by atoms with Gasteiger partial charge in [-0.1, -0.05) is 68.8 Å². The van der Waals surface area contributed by atoms with Gasteiger partial charge in [0.2, 0.25) is 11.8 Å². The Morgan fingerprint density at radius 1 is 0.905 bits per heavy atom. The summed E-state index contributed by atoms with van der Waals surface area (Å²) in [6, 6.07) is 19.6. The predicted octanol–water partition coefficient (Wildman–Crippen LogP) is 4.79. The SMILES string of the molecule is CC[C@@H](C(=O)NCC(C)C)N(Cc1cccc(C)c1)C(=O)CN(c1ccccc1)S(=O)(=O)c1ccc(OC)c(OC)c1. The molecular weight excluding hydrogens is 554 g/mol. The van der Waals surface area contributed by atoms with Crippen LogP contribution in [0.25, 0.3) is 0 Å². The number of nitrogens with zero attached hydrogens (tertiary/aromatic N) is 2. The van der Waals surface area contributed by atoms with Crippen molar-refractivity contribution in [3.8, 4) is 11.5 Å². The zero-order chi connectivity index (χ0) is 30.9. The standard InChI is InChI=1S/C32H41N3O6S/c1-7-28(32(37)33-20-23(2)3)34(21-25-13-11-12-24(4)18-25)31(36)22-35(26-14-9-8-10-15-26)42(38,39)27-16-17-29(40-5)30(19-27)41-6/h8-19,23,28H,7,20-22H2,1-6H3,(H,33,37)/t28-/m0/s1. The minimum absolute atomic E-state index is 0.0660. The van der Waals surface area contributed by atoms with Crippen LogP contribution in [0.3, 0.4) is 0 Å². The van der Waals surface area contributed by atoms with Gasteiger partial charge in [-0.05, 0) is 49.1 Å². The van der Waals surface area contributed by atoms with E-state index < -0.39 is 28.5 Å². The van der Waals surface area contributed by atoms with Gasteiger partial charge in [-0.15, -0.1) is 0 Å². The number of anilines is 1. The van der Waals surface area contributed by atoms with Gasteiger partial charge in [-0.25, -0.2) is 8.42 Å². The average molecular weight is 596 g/mol. The predicted molar refractivity (Wildman–Crippen MR) is 164 cm³/mol. The first-order valence-electron chi connectivity index (χ1n) is 13.9. The molecule has 0 aliphatic rings. The second-order valence-corrected chi connectivity index (χ2v) is 12.3. The number of carbonyl (C=O) groups excluding carboxylic acids is 2. The molecule has 3 rings (SSSR count). The third-order valence-electron chi connectivity index (χ3n) is 6.77. The molecule has 0 aliphatic heterocycles. The molecule has 3 aromatic carbocycles. The van der Waals surface area contributed by atoms with Crippen LogP contribution in [-0.4, -0.2) is 58.5 Å². The Labute approximate surface area is 249 Å². The number of methoxy groups -OCH3 is 2. The van der Waals surface area contributed by atoms with E-state index in [4.69, 9.17) is 9.47 Å². The van der Waals surface area contributed by atoms with E-state index in [0.29, 0.717) is 24.4 Å². The van der Waals surface area contributed by atoms with Gasteiger partial charge in [-0.3, -0.25) is 13.9 Å². The van der Waals surface area contributed by atoms with Crippen molar-refractivity contribution in [3.63, 3.8) is 0 Å². The summed E-state index contributed by atoms with van der Waals surface area (Å²) < 4.78 is 39.9. The van der Waals surface area contributed by atoms with Crippen LogP contribution >= 0.6 is 0 Å². The number of aryl methyl sites for hydroxylation is 1. The van der Waals surface area contributed by atoms with Gasteiger partial charge < -0.3 is 19.7 Å². The quantitative estimate of drug-likeness (QED) is 0.288. The number of para-hydroxylation sites is 1. The molecule has 0 spiro atoms. The number of hydrogen-bond donors (Lipinski definition) is 1. The highest BCUT2D eigenvalue weighted by molar-refractivity contribution is 7.92. The highest BCUT2D eigenvalue weighted by Gasteiger charge is 2.34. The molecule has 0 fully saturated rings. The van der Waals surface area contributed by atoms with Crippen molar-refractivity contribution in [1.82, 2.24) is 10.2 Å². The fourth-order valence-corrected chi connectivity index (χ4v) is 6.01. The Morgan fingerprint density at radius 3 is 2.19 bits per heavy atom. The first-order valence-corrected chi connectivity index (χ1v) is 15.4. The monoisotopic (exact) mass is 595 g/mol. The molecule has 0 aliphatic carbocycles. The third kappa shape index (κ3) is 8.03. The molecular formula is C32H41N3O6S. The van der Waals surface area contributed by atoms with Crippen LogP contribution in [0.5, 0.6) is 11.5 Å². The molecule has 2 amide bonds. The number of sulfonamides is 1. The lowest BCUT2D eigenvalue weighted by Gasteiger charge is -2.33. The Hall–Kier alpha value is -4.05. The Morgan fingerprint density at radius 2 is 1.60 bits per heavy atom. The van der Waals surface area contributed by atoms with Gasteiger partial charge in [0.15, 0.2) is 11.5 Å². The molecule has 42 heavy (non-hydrogen) atoms. The topological polar surface area (TPSA) is 105 Å². The van der Waals surface area contributed by atoms with Crippen molar-refractivity contribution >= 4 is 27.5 Å². The van der Waals surface area contributed by atoms with Crippen LogP contribution in [0.2, 0.25) is 0 Å². The van der Waals surface area contributed by atoms with Crippen LogP contribution in [0.15, 0.2) is 77.7 Å². The molecule has 0 unspecified atom stereocenters. The average Bonchev–Trinajstić information content (AvgIpc) is 2.98. The molecule has 10 heteroatoms. The summed E-state index contributed by atoms with van der Waals surface area (Å²) in [5, 5.41) is 2.94. The summed E-state index contributed by atoms with van der Waals surface area (Å²) >= 11 is 0. The summed E-state index contributed by atoms with van der Waals surface area (Å²) in [6.07, 6.45) is 0.356. The zero-order valence-corrected chi connectivity index (χ0v) is 26.0. The maximum absolute atomic E-state index is 14.2. The molecule has 226 valence electrons. The summed E-state index contributed by atoms with van der Waals surface area (Å²) in [6.45, 7) is 7.88. The number of hydrogen-bond acceptors (Lipinski definition) is 6. The molecule has 1 atom stereocenters. The van der Waals surface area contributed by atoms with E-state index in [-0.39, 0.29) is 29.0 Å². The smallest absolute Gasteiger partial charge is 0.264 e. The van der Waals surface area contributed by atoms with E-state index in [2.05, 4.69) is 5.32 Å². The minimum Gasteiger partial charge on any atom is -0.493 e. The van der Waals surface area contributed by atoms with Gasteiger partial charge in [0, 0.05) is 19.2 Å². The maximum Gasteiger partial charge on any atom is 0.264 e. The van der Waals surface area contributed by atoms with Crippen molar-refractivity contribution in [2.45, 2.75) is 51.6 Å².